The monoisotopic (exact) mass is 281 g/mol. The number of hydrogen-bond donors (Lipinski definition) is 0. The fourth-order valence-electron chi connectivity index (χ4n) is 2.35. The Balaban J connectivity index is 1.52. The molecule has 20 heavy (non-hydrogen) atoms. The first kappa shape index (κ1) is 13.5. The topological polar surface area (TPSA) is 77.7 Å². The van der Waals surface area contributed by atoms with Crippen molar-refractivity contribution in [3.63, 3.8) is 0 Å². The SMILES string of the molecule is COC(=O)CC1CN(Cc2nc(C3CC3)no2)CCO1. The lowest BCUT2D eigenvalue weighted by molar-refractivity contribution is -0.145. The van der Waals surface area contributed by atoms with Crippen molar-refractivity contribution in [2.24, 2.45) is 0 Å². The summed E-state index contributed by atoms with van der Waals surface area (Å²) in [7, 11) is 1.39. The Kier molecular flexibility index (Phi) is 3.98. The molecule has 0 spiro atoms. The van der Waals surface area contributed by atoms with Gasteiger partial charge in [0.1, 0.15) is 0 Å². The number of hydrogen-bond acceptors (Lipinski definition) is 7. The van der Waals surface area contributed by atoms with Gasteiger partial charge in [0, 0.05) is 19.0 Å². The van der Waals surface area contributed by atoms with Crippen LogP contribution in [0.5, 0.6) is 0 Å². The van der Waals surface area contributed by atoms with Gasteiger partial charge < -0.3 is 14.0 Å². The summed E-state index contributed by atoms with van der Waals surface area (Å²) in [5, 5.41) is 4.01. The molecule has 110 valence electrons. The Labute approximate surface area is 117 Å². The average Bonchev–Trinajstić information content (AvgIpc) is 3.20. The third-order valence-electron chi connectivity index (χ3n) is 3.63. The third kappa shape index (κ3) is 3.34. The molecule has 0 amide bonds. The van der Waals surface area contributed by atoms with Gasteiger partial charge in [-0.1, -0.05) is 5.16 Å². The van der Waals surface area contributed by atoms with Gasteiger partial charge in [0.15, 0.2) is 5.82 Å². The minimum absolute atomic E-state index is 0.123. The van der Waals surface area contributed by atoms with Gasteiger partial charge in [0.2, 0.25) is 5.89 Å². The highest BCUT2D eigenvalue weighted by molar-refractivity contribution is 5.69. The van der Waals surface area contributed by atoms with Crippen LogP contribution in [0.15, 0.2) is 4.52 Å². The van der Waals surface area contributed by atoms with Crippen LogP contribution in [0, 0.1) is 0 Å². The van der Waals surface area contributed by atoms with Gasteiger partial charge >= 0.3 is 5.97 Å². The molecular formula is C13H19N3O4. The molecule has 1 aromatic heterocycles. The van der Waals surface area contributed by atoms with E-state index < -0.39 is 0 Å². The van der Waals surface area contributed by atoms with E-state index in [4.69, 9.17) is 9.26 Å². The van der Waals surface area contributed by atoms with Crippen LogP contribution in [-0.2, 0) is 20.8 Å². The van der Waals surface area contributed by atoms with E-state index in [1.54, 1.807) is 0 Å². The summed E-state index contributed by atoms with van der Waals surface area (Å²) in [6.07, 6.45) is 2.49. The molecule has 1 saturated heterocycles. The number of carbonyl (C=O) groups excluding carboxylic acids is 1. The van der Waals surface area contributed by atoms with Crippen molar-refractivity contribution in [2.45, 2.75) is 37.8 Å². The van der Waals surface area contributed by atoms with Gasteiger partial charge in [0.05, 0.1) is 32.8 Å². The minimum Gasteiger partial charge on any atom is -0.469 e. The standard InChI is InChI=1S/C13H19N3O4/c1-18-12(17)6-10-7-16(4-5-19-10)8-11-14-13(15-20-11)9-2-3-9/h9-10H,2-8H2,1H3. The van der Waals surface area contributed by atoms with E-state index in [0.717, 1.165) is 25.2 Å². The zero-order chi connectivity index (χ0) is 13.9. The van der Waals surface area contributed by atoms with Gasteiger partial charge in [-0.05, 0) is 12.8 Å². The summed E-state index contributed by atoms with van der Waals surface area (Å²) in [6.45, 7) is 2.70. The van der Waals surface area contributed by atoms with Gasteiger partial charge in [0.25, 0.3) is 0 Å². The van der Waals surface area contributed by atoms with Gasteiger partial charge in [-0.2, -0.15) is 4.98 Å². The minimum atomic E-state index is -0.245. The molecule has 1 saturated carbocycles. The van der Waals surface area contributed by atoms with Crippen LogP contribution in [0.3, 0.4) is 0 Å². The zero-order valence-electron chi connectivity index (χ0n) is 11.6. The second kappa shape index (κ2) is 5.88. The maximum Gasteiger partial charge on any atom is 0.308 e. The van der Waals surface area contributed by atoms with Crippen LogP contribution >= 0.6 is 0 Å². The molecule has 1 aliphatic carbocycles. The van der Waals surface area contributed by atoms with Crippen molar-refractivity contribution in [2.75, 3.05) is 26.8 Å². The molecular weight excluding hydrogens is 262 g/mol. The normalized spacial score (nSPS) is 23.8. The van der Waals surface area contributed by atoms with E-state index in [1.165, 1.54) is 7.11 Å². The Bertz CT molecular complexity index is 472. The number of nitrogens with zero attached hydrogens (tertiary/aromatic N) is 3. The lowest BCUT2D eigenvalue weighted by Gasteiger charge is -2.31. The molecule has 1 atom stereocenters. The first-order chi connectivity index (χ1) is 9.74. The number of morpholine rings is 1. The summed E-state index contributed by atoms with van der Waals surface area (Å²) < 4.78 is 15.5. The highest BCUT2D eigenvalue weighted by Crippen LogP contribution is 2.38. The second-order valence-corrected chi connectivity index (χ2v) is 5.33. The molecule has 1 aliphatic heterocycles. The molecule has 3 rings (SSSR count). The quantitative estimate of drug-likeness (QED) is 0.735. The van der Waals surface area contributed by atoms with E-state index in [9.17, 15) is 4.79 Å². The molecule has 2 aliphatic rings. The number of carbonyl (C=O) groups is 1. The fraction of sp³-hybridized carbons (Fsp3) is 0.769. The van der Waals surface area contributed by atoms with Crippen molar-refractivity contribution in [1.82, 2.24) is 15.0 Å². The lowest BCUT2D eigenvalue weighted by atomic mass is 10.2. The summed E-state index contributed by atoms with van der Waals surface area (Å²) in [5.41, 5.74) is 0. The van der Waals surface area contributed by atoms with E-state index >= 15 is 0 Å². The summed E-state index contributed by atoms with van der Waals surface area (Å²) in [6, 6.07) is 0. The number of ether oxygens (including phenoxy) is 2. The van der Waals surface area contributed by atoms with E-state index in [0.29, 0.717) is 31.5 Å². The Morgan fingerprint density at radius 3 is 3.10 bits per heavy atom. The van der Waals surface area contributed by atoms with Crippen LogP contribution in [0.4, 0.5) is 0 Å². The molecule has 1 unspecified atom stereocenters. The van der Waals surface area contributed by atoms with Gasteiger partial charge in [-0.3, -0.25) is 9.69 Å². The smallest absolute Gasteiger partial charge is 0.308 e. The maximum atomic E-state index is 11.3. The Morgan fingerprint density at radius 1 is 1.50 bits per heavy atom. The van der Waals surface area contributed by atoms with Crippen molar-refractivity contribution < 1.29 is 18.8 Å². The number of rotatable bonds is 5. The number of aromatic nitrogens is 2. The average molecular weight is 281 g/mol. The van der Waals surface area contributed by atoms with Crippen molar-refractivity contribution >= 4 is 5.97 Å². The third-order valence-corrected chi connectivity index (χ3v) is 3.63. The highest BCUT2D eigenvalue weighted by Gasteiger charge is 2.29. The molecule has 0 radical (unpaired) electrons. The predicted molar refractivity (Wildman–Crippen MR) is 67.9 cm³/mol. The van der Waals surface area contributed by atoms with Crippen LogP contribution in [0.25, 0.3) is 0 Å². The van der Waals surface area contributed by atoms with Crippen molar-refractivity contribution in [3.05, 3.63) is 11.7 Å². The number of methoxy groups -OCH3 is 1. The summed E-state index contributed by atoms with van der Waals surface area (Å²) in [5.74, 6) is 1.74. The van der Waals surface area contributed by atoms with E-state index in [1.807, 2.05) is 0 Å². The molecule has 7 heteroatoms. The molecule has 0 bridgehead atoms. The largest absolute Gasteiger partial charge is 0.469 e. The molecule has 1 aromatic rings. The van der Waals surface area contributed by atoms with E-state index in [2.05, 4.69) is 19.8 Å². The fourth-order valence-corrected chi connectivity index (χ4v) is 2.35. The molecule has 2 heterocycles. The molecule has 2 fully saturated rings. The molecule has 7 nitrogen and oxygen atoms in total. The van der Waals surface area contributed by atoms with Crippen molar-refractivity contribution in [1.29, 1.82) is 0 Å². The summed E-state index contributed by atoms with van der Waals surface area (Å²) in [4.78, 5) is 17.9. The second-order valence-electron chi connectivity index (χ2n) is 5.33. The molecule has 0 aromatic carbocycles. The first-order valence-corrected chi connectivity index (χ1v) is 6.98. The summed E-state index contributed by atoms with van der Waals surface area (Å²) >= 11 is 0. The maximum absolute atomic E-state index is 11.3. The van der Waals surface area contributed by atoms with Crippen molar-refractivity contribution in [3.8, 4) is 0 Å². The van der Waals surface area contributed by atoms with E-state index in [-0.39, 0.29) is 18.5 Å². The first-order valence-electron chi connectivity index (χ1n) is 6.98. The van der Waals surface area contributed by atoms with Crippen LogP contribution < -0.4 is 0 Å². The van der Waals surface area contributed by atoms with Crippen LogP contribution in [0.2, 0.25) is 0 Å². The van der Waals surface area contributed by atoms with Gasteiger partial charge in [-0.15, -0.1) is 0 Å². The van der Waals surface area contributed by atoms with Crippen LogP contribution in [0.1, 0.15) is 36.9 Å². The predicted octanol–water partition coefficient (Wildman–Crippen LogP) is 0.711. The number of esters is 1. The van der Waals surface area contributed by atoms with Gasteiger partial charge in [-0.25, -0.2) is 0 Å². The highest BCUT2D eigenvalue weighted by atomic mass is 16.5. The zero-order valence-corrected chi connectivity index (χ0v) is 11.6. The Hall–Kier alpha value is -1.47. The Morgan fingerprint density at radius 2 is 2.35 bits per heavy atom. The molecule has 0 N–H and O–H groups in total. The van der Waals surface area contributed by atoms with Crippen LogP contribution in [-0.4, -0.2) is 53.9 Å². The lowest BCUT2D eigenvalue weighted by Crippen LogP contribution is -2.42.